The van der Waals surface area contributed by atoms with Gasteiger partial charge in [0.05, 0.1) is 33.4 Å². The molecule has 10 nitrogen and oxygen atoms in total. The number of ether oxygens (including phenoxy) is 2. The molecule has 0 spiro atoms. The molecule has 1 N–H and O–H groups in total. The third-order valence-electron chi connectivity index (χ3n) is 5.77. The van der Waals surface area contributed by atoms with E-state index >= 15 is 0 Å². The van der Waals surface area contributed by atoms with Crippen LogP contribution in [0.5, 0.6) is 0 Å². The number of rotatable bonds is 8. The standard InChI is InChI=1S/C27H24N4O6/c1-17-23(26(32)36-15-20-9-3-5-12-28-20)25(19-8-7-11-22(14-19)31(34)35)24(18(2)30-17)27(33)37-16-21-10-4-6-13-29-21/h3-14,25,30H,15-16H2,1-2H3. The topological polar surface area (TPSA) is 134 Å². The number of carbonyl (C=O) groups excluding carboxylic acids is 2. The van der Waals surface area contributed by atoms with E-state index in [1.165, 1.54) is 18.2 Å². The highest BCUT2D eigenvalue weighted by molar-refractivity contribution is 6.00. The zero-order valence-corrected chi connectivity index (χ0v) is 20.2. The summed E-state index contributed by atoms with van der Waals surface area (Å²) in [5.41, 5.74) is 2.51. The summed E-state index contributed by atoms with van der Waals surface area (Å²) in [6.07, 6.45) is 3.17. The van der Waals surface area contributed by atoms with Crippen molar-refractivity contribution < 1.29 is 24.0 Å². The highest BCUT2D eigenvalue weighted by atomic mass is 16.6. The van der Waals surface area contributed by atoms with Gasteiger partial charge in [-0.05, 0) is 43.7 Å². The van der Waals surface area contributed by atoms with Gasteiger partial charge in [0.2, 0.25) is 0 Å². The van der Waals surface area contributed by atoms with Crippen LogP contribution in [0.3, 0.4) is 0 Å². The maximum Gasteiger partial charge on any atom is 0.337 e. The Kier molecular flexibility index (Phi) is 7.68. The zero-order chi connectivity index (χ0) is 26.4. The van der Waals surface area contributed by atoms with Gasteiger partial charge in [0, 0.05) is 35.9 Å². The van der Waals surface area contributed by atoms with Gasteiger partial charge in [0.15, 0.2) is 0 Å². The molecule has 0 unspecified atom stereocenters. The van der Waals surface area contributed by atoms with Crippen molar-refractivity contribution in [3.8, 4) is 0 Å². The fourth-order valence-corrected chi connectivity index (χ4v) is 4.09. The number of esters is 2. The summed E-state index contributed by atoms with van der Waals surface area (Å²) in [6, 6.07) is 16.3. The van der Waals surface area contributed by atoms with Crippen molar-refractivity contribution in [1.82, 2.24) is 15.3 Å². The highest BCUT2D eigenvalue weighted by Crippen LogP contribution is 2.40. The Balaban J connectivity index is 1.70. The number of carbonyl (C=O) groups is 2. The summed E-state index contributed by atoms with van der Waals surface area (Å²) >= 11 is 0. The molecule has 2 aromatic heterocycles. The molecule has 0 atom stereocenters. The molecule has 10 heteroatoms. The maximum absolute atomic E-state index is 13.4. The molecule has 0 fully saturated rings. The van der Waals surface area contributed by atoms with E-state index in [-0.39, 0.29) is 30.0 Å². The van der Waals surface area contributed by atoms with E-state index in [9.17, 15) is 19.7 Å². The first-order valence-corrected chi connectivity index (χ1v) is 11.4. The molecule has 188 valence electrons. The lowest BCUT2D eigenvalue weighted by molar-refractivity contribution is -0.384. The molecule has 3 aromatic rings. The van der Waals surface area contributed by atoms with Crippen LogP contribution in [0, 0.1) is 10.1 Å². The van der Waals surface area contributed by atoms with E-state index in [4.69, 9.17) is 9.47 Å². The SMILES string of the molecule is CC1=C(C(=O)OCc2ccccn2)C(c2cccc([N+](=O)[O-])c2)C(C(=O)OCc2ccccn2)=C(C)N1. The van der Waals surface area contributed by atoms with Crippen molar-refractivity contribution in [3.05, 3.63) is 123 Å². The van der Waals surface area contributed by atoms with Crippen LogP contribution in [0.25, 0.3) is 0 Å². The van der Waals surface area contributed by atoms with Crippen LogP contribution in [0.15, 0.2) is 95.6 Å². The number of nitro groups is 1. The molecule has 3 heterocycles. The lowest BCUT2D eigenvalue weighted by Gasteiger charge is -2.30. The number of aromatic nitrogens is 2. The molecule has 1 aliphatic rings. The van der Waals surface area contributed by atoms with Crippen molar-refractivity contribution in [3.63, 3.8) is 0 Å². The number of hydrogen-bond donors (Lipinski definition) is 1. The van der Waals surface area contributed by atoms with Gasteiger partial charge >= 0.3 is 11.9 Å². The number of non-ortho nitro benzene ring substituents is 1. The number of nitrogens with zero attached hydrogens (tertiary/aromatic N) is 3. The van der Waals surface area contributed by atoms with Crippen LogP contribution in [0.1, 0.15) is 36.7 Å². The van der Waals surface area contributed by atoms with Crippen molar-refractivity contribution in [2.24, 2.45) is 0 Å². The molecule has 0 saturated heterocycles. The first-order valence-electron chi connectivity index (χ1n) is 11.4. The number of nitro benzene ring substituents is 1. The molecule has 0 saturated carbocycles. The second kappa shape index (κ2) is 11.3. The zero-order valence-electron chi connectivity index (χ0n) is 20.2. The molecular weight excluding hydrogens is 476 g/mol. The van der Waals surface area contributed by atoms with Crippen LogP contribution in [0.4, 0.5) is 5.69 Å². The second-order valence-corrected chi connectivity index (χ2v) is 8.28. The molecule has 1 aliphatic heterocycles. The number of dihydropyridines is 1. The Morgan fingerprint density at radius 3 is 1.86 bits per heavy atom. The lowest BCUT2D eigenvalue weighted by Crippen LogP contribution is -2.32. The molecule has 0 bridgehead atoms. The van der Waals surface area contributed by atoms with Gasteiger partial charge in [-0.15, -0.1) is 0 Å². The molecular formula is C27H24N4O6. The van der Waals surface area contributed by atoms with Crippen LogP contribution >= 0.6 is 0 Å². The minimum atomic E-state index is -0.964. The fraction of sp³-hybridized carbons (Fsp3) is 0.185. The first kappa shape index (κ1) is 25.2. The van der Waals surface area contributed by atoms with Crippen molar-refractivity contribution in [2.45, 2.75) is 33.0 Å². The fourth-order valence-electron chi connectivity index (χ4n) is 4.09. The summed E-state index contributed by atoms with van der Waals surface area (Å²) in [6.45, 7) is 3.20. The summed E-state index contributed by atoms with van der Waals surface area (Å²) in [7, 11) is 0. The van der Waals surface area contributed by atoms with E-state index in [1.54, 1.807) is 68.7 Å². The van der Waals surface area contributed by atoms with E-state index in [1.807, 2.05) is 0 Å². The Hall–Kier alpha value is -4.86. The molecule has 4 rings (SSSR count). The van der Waals surface area contributed by atoms with Gasteiger partial charge in [-0.3, -0.25) is 20.1 Å². The van der Waals surface area contributed by atoms with Gasteiger partial charge in [-0.2, -0.15) is 0 Å². The van der Waals surface area contributed by atoms with E-state index in [2.05, 4.69) is 15.3 Å². The average molecular weight is 501 g/mol. The highest BCUT2D eigenvalue weighted by Gasteiger charge is 2.38. The number of benzene rings is 1. The Morgan fingerprint density at radius 1 is 0.865 bits per heavy atom. The van der Waals surface area contributed by atoms with Crippen molar-refractivity contribution in [2.75, 3.05) is 0 Å². The summed E-state index contributed by atoms with van der Waals surface area (Å²) in [5, 5.41) is 14.6. The summed E-state index contributed by atoms with van der Waals surface area (Å²) in [4.78, 5) is 46.0. The number of allylic oxidation sites excluding steroid dienone is 2. The van der Waals surface area contributed by atoms with Crippen LogP contribution in [0.2, 0.25) is 0 Å². The van der Waals surface area contributed by atoms with E-state index < -0.39 is 22.8 Å². The van der Waals surface area contributed by atoms with Crippen LogP contribution in [-0.2, 0) is 32.3 Å². The van der Waals surface area contributed by atoms with Crippen molar-refractivity contribution in [1.29, 1.82) is 0 Å². The van der Waals surface area contributed by atoms with Crippen LogP contribution in [-0.4, -0.2) is 26.8 Å². The maximum atomic E-state index is 13.4. The molecule has 0 amide bonds. The second-order valence-electron chi connectivity index (χ2n) is 8.28. The Morgan fingerprint density at radius 2 is 1.41 bits per heavy atom. The van der Waals surface area contributed by atoms with Crippen molar-refractivity contribution >= 4 is 17.6 Å². The Bertz CT molecular complexity index is 1310. The smallest absolute Gasteiger partial charge is 0.337 e. The minimum absolute atomic E-state index is 0.0831. The normalized spacial score (nSPS) is 13.7. The number of pyridine rings is 2. The van der Waals surface area contributed by atoms with Gasteiger partial charge in [0.25, 0.3) is 5.69 Å². The third-order valence-corrected chi connectivity index (χ3v) is 5.77. The van der Waals surface area contributed by atoms with Gasteiger partial charge in [-0.1, -0.05) is 24.3 Å². The summed E-state index contributed by atoms with van der Waals surface area (Å²) in [5.74, 6) is -2.34. The monoisotopic (exact) mass is 500 g/mol. The largest absolute Gasteiger partial charge is 0.456 e. The Labute approximate surface area is 212 Å². The molecule has 0 aliphatic carbocycles. The van der Waals surface area contributed by atoms with Crippen LogP contribution < -0.4 is 5.32 Å². The minimum Gasteiger partial charge on any atom is -0.456 e. The van der Waals surface area contributed by atoms with Gasteiger partial charge < -0.3 is 14.8 Å². The van der Waals surface area contributed by atoms with E-state index in [0.717, 1.165) is 0 Å². The first-order chi connectivity index (χ1) is 17.8. The number of hydrogen-bond acceptors (Lipinski definition) is 9. The molecule has 1 aromatic carbocycles. The predicted molar refractivity (Wildman–Crippen MR) is 132 cm³/mol. The third kappa shape index (κ3) is 5.87. The average Bonchev–Trinajstić information content (AvgIpc) is 2.91. The van der Waals surface area contributed by atoms with Gasteiger partial charge in [-0.25, -0.2) is 9.59 Å². The summed E-state index contributed by atoms with van der Waals surface area (Å²) < 4.78 is 11.1. The quantitative estimate of drug-likeness (QED) is 0.275. The molecule has 37 heavy (non-hydrogen) atoms. The lowest BCUT2D eigenvalue weighted by atomic mass is 9.80. The van der Waals surface area contributed by atoms with E-state index in [0.29, 0.717) is 28.3 Å². The predicted octanol–water partition coefficient (Wildman–Crippen LogP) is 4.11. The number of nitrogens with one attached hydrogen (secondary N) is 1. The van der Waals surface area contributed by atoms with Gasteiger partial charge in [0.1, 0.15) is 13.2 Å². The molecule has 0 radical (unpaired) electrons.